The first kappa shape index (κ1) is 20.9. The lowest BCUT2D eigenvalue weighted by Crippen LogP contribution is -2.18. The first-order chi connectivity index (χ1) is 15.0. The maximum absolute atomic E-state index is 13.3. The number of thiazole rings is 1. The monoisotopic (exact) mass is 496 g/mol. The Kier molecular flexibility index (Phi) is 5.92. The first-order valence-electron chi connectivity index (χ1n) is 9.34. The summed E-state index contributed by atoms with van der Waals surface area (Å²) in [6, 6.07) is 12.7. The van der Waals surface area contributed by atoms with Gasteiger partial charge >= 0.3 is 0 Å². The standard InChI is InChI=1S/C21H17BrN6O2S/c1-2-24-21-27-17(18(23)29)20(31-21)28-19(30)13-10-16(15-5-3-4-8-25-15)26-14-7-6-11(22)9-12(13)14/h3-10H,2H2,1H3,(H2,23,29)(H,24,27)(H,28,30). The Morgan fingerprint density at radius 3 is 2.68 bits per heavy atom. The van der Waals surface area contributed by atoms with E-state index < -0.39 is 11.8 Å². The minimum Gasteiger partial charge on any atom is -0.364 e. The fourth-order valence-corrected chi connectivity index (χ4v) is 4.30. The van der Waals surface area contributed by atoms with Gasteiger partial charge in [-0.05, 0) is 43.3 Å². The second-order valence-corrected chi connectivity index (χ2v) is 8.39. The number of primary amides is 1. The van der Waals surface area contributed by atoms with Gasteiger partial charge in [0.05, 0.1) is 22.5 Å². The normalized spacial score (nSPS) is 10.8. The summed E-state index contributed by atoms with van der Waals surface area (Å²) in [5.74, 6) is -1.12. The summed E-state index contributed by atoms with van der Waals surface area (Å²) >= 11 is 4.60. The van der Waals surface area contributed by atoms with Crippen molar-refractivity contribution < 1.29 is 9.59 Å². The van der Waals surface area contributed by atoms with Gasteiger partial charge in [-0.25, -0.2) is 9.97 Å². The molecule has 4 N–H and O–H groups in total. The van der Waals surface area contributed by atoms with E-state index in [1.165, 1.54) is 0 Å². The number of nitrogens with zero attached hydrogens (tertiary/aromatic N) is 3. The highest BCUT2D eigenvalue weighted by atomic mass is 79.9. The Hall–Kier alpha value is -3.37. The van der Waals surface area contributed by atoms with Crippen LogP contribution in [-0.4, -0.2) is 33.3 Å². The van der Waals surface area contributed by atoms with Crippen molar-refractivity contribution in [2.45, 2.75) is 6.92 Å². The van der Waals surface area contributed by atoms with Gasteiger partial charge in [-0.15, -0.1) is 0 Å². The second kappa shape index (κ2) is 8.78. The average Bonchev–Trinajstić information content (AvgIpc) is 3.16. The van der Waals surface area contributed by atoms with Gasteiger partial charge in [0.1, 0.15) is 5.00 Å². The van der Waals surface area contributed by atoms with Crippen LogP contribution in [0, 0.1) is 0 Å². The molecule has 3 heterocycles. The van der Waals surface area contributed by atoms with Gasteiger partial charge in [0, 0.05) is 22.6 Å². The molecule has 0 bridgehead atoms. The molecular formula is C21H17BrN6O2S. The Morgan fingerprint density at radius 2 is 1.97 bits per heavy atom. The number of fused-ring (bicyclic) bond motifs is 1. The molecule has 10 heteroatoms. The Labute approximate surface area is 190 Å². The molecule has 0 radical (unpaired) electrons. The number of benzene rings is 1. The maximum Gasteiger partial charge on any atom is 0.270 e. The molecule has 3 aromatic heterocycles. The summed E-state index contributed by atoms with van der Waals surface area (Å²) in [5, 5.41) is 7.26. The quantitative estimate of drug-likeness (QED) is 0.365. The fourth-order valence-electron chi connectivity index (χ4n) is 3.00. The minimum absolute atomic E-state index is 0.0128. The van der Waals surface area contributed by atoms with Gasteiger partial charge in [-0.1, -0.05) is 33.3 Å². The lowest BCUT2D eigenvalue weighted by atomic mass is 10.1. The van der Waals surface area contributed by atoms with Crippen molar-refractivity contribution in [3.05, 3.63) is 64.4 Å². The van der Waals surface area contributed by atoms with Gasteiger partial charge in [0.25, 0.3) is 11.8 Å². The van der Waals surface area contributed by atoms with E-state index in [1.807, 2.05) is 43.3 Å². The zero-order valence-corrected chi connectivity index (χ0v) is 18.8. The zero-order valence-electron chi connectivity index (χ0n) is 16.3. The van der Waals surface area contributed by atoms with E-state index in [0.717, 1.165) is 15.8 Å². The second-order valence-electron chi connectivity index (χ2n) is 6.48. The topological polar surface area (TPSA) is 123 Å². The van der Waals surface area contributed by atoms with Crippen LogP contribution in [0.2, 0.25) is 0 Å². The van der Waals surface area contributed by atoms with E-state index in [0.29, 0.717) is 39.5 Å². The number of pyridine rings is 2. The van der Waals surface area contributed by atoms with Crippen molar-refractivity contribution in [2.24, 2.45) is 5.73 Å². The summed E-state index contributed by atoms with van der Waals surface area (Å²) < 4.78 is 0.812. The molecule has 0 aliphatic rings. The van der Waals surface area contributed by atoms with Gasteiger partial charge in [-0.2, -0.15) is 0 Å². The molecule has 0 saturated carbocycles. The van der Waals surface area contributed by atoms with Crippen molar-refractivity contribution in [3.8, 4) is 11.4 Å². The van der Waals surface area contributed by atoms with Crippen molar-refractivity contribution in [1.29, 1.82) is 0 Å². The lowest BCUT2D eigenvalue weighted by molar-refractivity contribution is 0.0997. The number of hydrogen-bond acceptors (Lipinski definition) is 7. The van der Waals surface area contributed by atoms with Crippen LogP contribution in [0.4, 0.5) is 10.1 Å². The van der Waals surface area contributed by atoms with Crippen LogP contribution >= 0.6 is 27.3 Å². The van der Waals surface area contributed by atoms with Crippen molar-refractivity contribution in [3.63, 3.8) is 0 Å². The number of carbonyl (C=O) groups excluding carboxylic acids is 2. The van der Waals surface area contributed by atoms with Crippen LogP contribution in [0.25, 0.3) is 22.3 Å². The number of carbonyl (C=O) groups is 2. The van der Waals surface area contributed by atoms with Crippen molar-refractivity contribution >= 4 is 60.1 Å². The molecule has 0 unspecified atom stereocenters. The molecule has 0 fully saturated rings. The molecule has 2 amide bonds. The van der Waals surface area contributed by atoms with Crippen LogP contribution in [0.5, 0.6) is 0 Å². The van der Waals surface area contributed by atoms with E-state index in [1.54, 1.807) is 12.3 Å². The van der Waals surface area contributed by atoms with Crippen LogP contribution in [0.3, 0.4) is 0 Å². The van der Waals surface area contributed by atoms with E-state index in [9.17, 15) is 9.59 Å². The maximum atomic E-state index is 13.3. The predicted octanol–water partition coefficient (Wildman–Crippen LogP) is 4.30. The van der Waals surface area contributed by atoms with E-state index >= 15 is 0 Å². The molecule has 4 rings (SSSR count). The largest absolute Gasteiger partial charge is 0.364 e. The van der Waals surface area contributed by atoms with Crippen molar-refractivity contribution in [1.82, 2.24) is 15.0 Å². The van der Waals surface area contributed by atoms with Gasteiger partial charge in [-0.3, -0.25) is 14.6 Å². The summed E-state index contributed by atoms with van der Waals surface area (Å²) in [7, 11) is 0. The van der Waals surface area contributed by atoms with E-state index in [-0.39, 0.29) is 10.7 Å². The highest BCUT2D eigenvalue weighted by Gasteiger charge is 2.21. The third-order valence-corrected chi connectivity index (χ3v) is 5.78. The number of nitrogens with two attached hydrogens (primary N) is 1. The number of anilines is 2. The number of amides is 2. The van der Waals surface area contributed by atoms with Gasteiger partial charge in [0.15, 0.2) is 10.8 Å². The minimum atomic E-state index is -0.716. The lowest BCUT2D eigenvalue weighted by Gasteiger charge is -2.10. The van der Waals surface area contributed by atoms with Crippen LogP contribution in [-0.2, 0) is 0 Å². The summed E-state index contributed by atoms with van der Waals surface area (Å²) in [6.45, 7) is 2.53. The number of rotatable bonds is 6. The molecule has 0 aliphatic carbocycles. The third kappa shape index (κ3) is 4.39. The van der Waals surface area contributed by atoms with Crippen molar-refractivity contribution in [2.75, 3.05) is 17.2 Å². The molecular weight excluding hydrogens is 480 g/mol. The molecule has 0 saturated heterocycles. The van der Waals surface area contributed by atoms with Crippen LogP contribution in [0.1, 0.15) is 27.8 Å². The van der Waals surface area contributed by atoms with Gasteiger partial charge in [0.2, 0.25) is 0 Å². The smallest absolute Gasteiger partial charge is 0.270 e. The van der Waals surface area contributed by atoms with Crippen LogP contribution < -0.4 is 16.4 Å². The summed E-state index contributed by atoms with van der Waals surface area (Å²) in [5.41, 5.74) is 7.70. The zero-order chi connectivity index (χ0) is 22.0. The highest BCUT2D eigenvalue weighted by Crippen LogP contribution is 2.31. The predicted molar refractivity (Wildman–Crippen MR) is 125 cm³/mol. The third-order valence-electron chi connectivity index (χ3n) is 4.36. The van der Waals surface area contributed by atoms with Gasteiger partial charge < -0.3 is 16.4 Å². The van der Waals surface area contributed by atoms with E-state index in [4.69, 9.17) is 5.73 Å². The number of aromatic nitrogens is 3. The first-order valence-corrected chi connectivity index (χ1v) is 10.9. The summed E-state index contributed by atoms with van der Waals surface area (Å²) in [6.07, 6.45) is 1.67. The van der Waals surface area contributed by atoms with Crippen LogP contribution in [0.15, 0.2) is 53.1 Å². The fraction of sp³-hybridized carbons (Fsp3) is 0.0952. The molecule has 0 aliphatic heterocycles. The molecule has 0 atom stereocenters. The Balaban J connectivity index is 1.80. The molecule has 1 aromatic carbocycles. The SMILES string of the molecule is CCNc1nc(C(N)=O)c(NC(=O)c2cc(-c3ccccn3)nc3ccc(Br)cc23)s1. The van der Waals surface area contributed by atoms with E-state index in [2.05, 4.69) is 41.5 Å². The number of hydrogen-bond donors (Lipinski definition) is 3. The molecule has 156 valence electrons. The molecule has 8 nitrogen and oxygen atoms in total. The molecule has 0 spiro atoms. The molecule has 31 heavy (non-hydrogen) atoms. The number of halogens is 1. The average molecular weight is 497 g/mol. The molecule has 4 aromatic rings. The highest BCUT2D eigenvalue weighted by molar-refractivity contribution is 9.10. The summed E-state index contributed by atoms with van der Waals surface area (Å²) in [4.78, 5) is 38.3. The Morgan fingerprint density at radius 1 is 1.13 bits per heavy atom. The Bertz CT molecular complexity index is 1290. The number of nitrogens with one attached hydrogen (secondary N) is 2.